The van der Waals surface area contributed by atoms with Gasteiger partial charge in [-0.05, 0) is 58.3 Å². The van der Waals surface area contributed by atoms with Crippen LogP contribution in [0.1, 0.15) is 38.7 Å². The SMILES string of the molecule is CCOc1ccc2ccccc2c1C(=O)NCc1ccc([C@H](O)c2ccsc2)s1. The van der Waals surface area contributed by atoms with Gasteiger partial charge in [-0.1, -0.05) is 30.3 Å². The highest BCUT2D eigenvalue weighted by molar-refractivity contribution is 7.12. The first-order chi connectivity index (χ1) is 14.2. The first kappa shape index (κ1) is 19.6. The lowest BCUT2D eigenvalue weighted by molar-refractivity contribution is 0.0949. The van der Waals surface area contributed by atoms with Crippen molar-refractivity contribution in [1.82, 2.24) is 5.32 Å². The van der Waals surface area contributed by atoms with Crippen LogP contribution in [-0.2, 0) is 6.54 Å². The van der Waals surface area contributed by atoms with Crippen LogP contribution >= 0.6 is 22.7 Å². The zero-order valence-corrected chi connectivity index (χ0v) is 17.6. The van der Waals surface area contributed by atoms with Crippen molar-refractivity contribution in [2.75, 3.05) is 6.61 Å². The lowest BCUT2D eigenvalue weighted by atomic mass is 10.0. The Balaban J connectivity index is 1.53. The number of fused-ring (bicyclic) bond motifs is 1. The number of aliphatic hydroxyl groups excluding tert-OH is 1. The lowest BCUT2D eigenvalue weighted by Crippen LogP contribution is -2.23. The molecule has 4 nitrogen and oxygen atoms in total. The maximum Gasteiger partial charge on any atom is 0.255 e. The fourth-order valence-electron chi connectivity index (χ4n) is 3.25. The van der Waals surface area contributed by atoms with Gasteiger partial charge in [-0.3, -0.25) is 4.79 Å². The van der Waals surface area contributed by atoms with Gasteiger partial charge < -0.3 is 15.2 Å². The van der Waals surface area contributed by atoms with Crippen molar-refractivity contribution in [2.24, 2.45) is 0 Å². The number of nitrogens with one attached hydrogen (secondary N) is 1. The van der Waals surface area contributed by atoms with Crippen molar-refractivity contribution < 1.29 is 14.6 Å². The second-order valence-electron chi connectivity index (χ2n) is 6.54. The molecule has 2 N–H and O–H groups in total. The molecule has 0 spiro atoms. The Labute approximate surface area is 177 Å². The third kappa shape index (κ3) is 4.19. The molecule has 0 fully saturated rings. The molecule has 2 aromatic carbocycles. The molecule has 0 aliphatic rings. The van der Waals surface area contributed by atoms with E-state index in [1.165, 1.54) is 11.3 Å². The first-order valence-corrected chi connectivity index (χ1v) is 11.1. The predicted molar refractivity (Wildman–Crippen MR) is 119 cm³/mol. The van der Waals surface area contributed by atoms with E-state index in [1.807, 2.05) is 72.3 Å². The van der Waals surface area contributed by atoms with Gasteiger partial charge in [0.2, 0.25) is 0 Å². The Hall–Kier alpha value is -2.67. The minimum Gasteiger partial charge on any atom is -0.493 e. The van der Waals surface area contributed by atoms with Crippen molar-refractivity contribution in [3.8, 4) is 5.75 Å². The molecule has 1 amide bonds. The molecule has 29 heavy (non-hydrogen) atoms. The zero-order chi connectivity index (χ0) is 20.2. The second kappa shape index (κ2) is 8.78. The van der Waals surface area contributed by atoms with E-state index in [2.05, 4.69) is 5.32 Å². The molecule has 0 aliphatic heterocycles. The molecule has 148 valence electrons. The van der Waals surface area contributed by atoms with Crippen molar-refractivity contribution >= 4 is 39.4 Å². The quantitative estimate of drug-likeness (QED) is 0.420. The molecular weight excluding hydrogens is 402 g/mol. The number of amides is 1. The molecule has 2 aromatic heterocycles. The molecule has 4 aromatic rings. The highest BCUT2D eigenvalue weighted by atomic mass is 32.1. The van der Waals surface area contributed by atoms with E-state index < -0.39 is 6.10 Å². The lowest BCUT2D eigenvalue weighted by Gasteiger charge is -2.13. The number of ether oxygens (including phenoxy) is 1. The summed E-state index contributed by atoms with van der Waals surface area (Å²) in [6, 6.07) is 17.4. The van der Waals surface area contributed by atoms with Crippen LogP contribution in [0.25, 0.3) is 10.8 Å². The molecular formula is C23H21NO3S2. The number of rotatable bonds is 7. The number of hydrogen-bond donors (Lipinski definition) is 2. The Morgan fingerprint density at radius 3 is 2.79 bits per heavy atom. The molecule has 2 heterocycles. The number of benzene rings is 2. The van der Waals surface area contributed by atoms with Crippen LogP contribution in [0.5, 0.6) is 5.75 Å². The summed E-state index contributed by atoms with van der Waals surface area (Å²) >= 11 is 3.07. The average molecular weight is 424 g/mol. The topological polar surface area (TPSA) is 58.6 Å². The van der Waals surface area contributed by atoms with E-state index in [0.29, 0.717) is 24.5 Å². The summed E-state index contributed by atoms with van der Waals surface area (Å²) in [5.41, 5.74) is 1.45. The van der Waals surface area contributed by atoms with Gasteiger partial charge in [0.05, 0.1) is 18.7 Å². The highest BCUT2D eigenvalue weighted by Crippen LogP contribution is 2.31. The number of aliphatic hydroxyl groups is 1. The van der Waals surface area contributed by atoms with Gasteiger partial charge in [0.1, 0.15) is 11.9 Å². The first-order valence-electron chi connectivity index (χ1n) is 9.39. The standard InChI is InChI=1S/C23H21NO3S2/c1-2-27-19-9-7-15-5-3-4-6-18(15)21(19)23(26)24-13-17-8-10-20(29-17)22(25)16-11-12-28-14-16/h3-12,14,22,25H,2,13H2,1H3,(H,24,26)/t22-/m1/s1. The normalized spacial score (nSPS) is 12.1. The molecule has 0 bridgehead atoms. The molecule has 1 atom stereocenters. The molecule has 0 aliphatic carbocycles. The fraction of sp³-hybridized carbons (Fsp3) is 0.174. The summed E-state index contributed by atoms with van der Waals surface area (Å²) in [7, 11) is 0. The summed E-state index contributed by atoms with van der Waals surface area (Å²) < 4.78 is 5.70. The molecule has 0 saturated carbocycles. The van der Waals surface area contributed by atoms with E-state index in [9.17, 15) is 9.90 Å². The smallest absolute Gasteiger partial charge is 0.255 e. The molecule has 0 unspecified atom stereocenters. The molecule has 0 radical (unpaired) electrons. The second-order valence-corrected chi connectivity index (χ2v) is 8.52. The monoisotopic (exact) mass is 423 g/mol. The van der Waals surface area contributed by atoms with E-state index in [1.54, 1.807) is 11.3 Å². The summed E-state index contributed by atoms with van der Waals surface area (Å²) in [4.78, 5) is 14.9. The van der Waals surface area contributed by atoms with Crippen LogP contribution in [-0.4, -0.2) is 17.6 Å². The van der Waals surface area contributed by atoms with Gasteiger partial charge in [0.25, 0.3) is 5.91 Å². The summed E-state index contributed by atoms with van der Waals surface area (Å²) in [6.45, 7) is 2.80. The van der Waals surface area contributed by atoms with Crippen LogP contribution in [0, 0.1) is 0 Å². The van der Waals surface area contributed by atoms with Gasteiger partial charge in [0.15, 0.2) is 0 Å². The molecule has 6 heteroatoms. The van der Waals surface area contributed by atoms with Crippen molar-refractivity contribution in [2.45, 2.75) is 19.6 Å². The van der Waals surface area contributed by atoms with Crippen molar-refractivity contribution in [3.05, 3.63) is 86.2 Å². The minimum absolute atomic E-state index is 0.168. The summed E-state index contributed by atoms with van der Waals surface area (Å²) in [5.74, 6) is 0.419. The Bertz CT molecular complexity index is 1120. The van der Waals surface area contributed by atoms with Gasteiger partial charge in [-0.15, -0.1) is 11.3 Å². The van der Waals surface area contributed by atoms with E-state index in [0.717, 1.165) is 26.1 Å². The van der Waals surface area contributed by atoms with Crippen LogP contribution in [0.15, 0.2) is 65.4 Å². The Morgan fingerprint density at radius 2 is 2.00 bits per heavy atom. The van der Waals surface area contributed by atoms with E-state index in [4.69, 9.17) is 4.74 Å². The number of hydrogen-bond acceptors (Lipinski definition) is 5. The minimum atomic E-state index is -0.627. The van der Waals surface area contributed by atoms with Crippen LogP contribution in [0.4, 0.5) is 0 Å². The van der Waals surface area contributed by atoms with Gasteiger partial charge in [-0.25, -0.2) is 0 Å². The fourth-order valence-corrected chi connectivity index (χ4v) is 4.89. The molecule has 4 rings (SSSR count). The number of carbonyl (C=O) groups excluding carboxylic acids is 1. The van der Waals surface area contributed by atoms with E-state index >= 15 is 0 Å². The van der Waals surface area contributed by atoms with Gasteiger partial charge >= 0.3 is 0 Å². The third-order valence-electron chi connectivity index (χ3n) is 4.65. The Kier molecular flexibility index (Phi) is 5.94. The van der Waals surface area contributed by atoms with Gasteiger partial charge in [-0.2, -0.15) is 11.3 Å². The van der Waals surface area contributed by atoms with E-state index in [-0.39, 0.29) is 5.91 Å². The third-order valence-corrected chi connectivity index (χ3v) is 6.49. The average Bonchev–Trinajstić information content (AvgIpc) is 3.44. The largest absolute Gasteiger partial charge is 0.493 e. The van der Waals surface area contributed by atoms with Gasteiger partial charge in [0, 0.05) is 9.75 Å². The number of thiophene rings is 2. The van der Waals surface area contributed by atoms with Crippen molar-refractivity contribution in [3.63, 3.8) is 0 Å². The predicted octanol–water partition coefficient (Wildman–Crippen LogP) is 5.37. The van der Waals surface area contributed by atoms with Crippen LogP contribution < -0.4 is 10.1 Å². The van der Waals surface area contributed by atoms with Crippen molar-refractivity contribution in [1.29, 1.82) is 0 Å². The Morgan fingerprint density at radius 1 is 1.14 bits per heavy atom. The maximum atomic E-state index is 13.0. The number of carbonyl (C=O) groups is 1. The summed E-state index contributed by atoms with van der Waals surface area (Å²) in [5, 5.41) is 19.2. The zero-order valence-electron chi connectivity index (χ0n) is 15.9. The highest BCUT2D eigenvalue weighted by Gasteiger charge is 2.18. The molecule has 0 saturated heterocycles. The maximum absolute atomic E-state index is 13.0. The summed E-state index contributed by atoms with van der Waals surface area (Å²) in [6.07, 6.45) is -0.627. The van der Waals surface area contributed by atoms with Crippen LogP contribution in [0.2, 0.25) is 0 Å². The van der Waals surface area contributed by atoms with Crippen LogP contribution in [0.3, 0.4) is 0 Å².